The summed E-state index contributed by atoms with van der Waals surface area (Å²) in [7, 11) is -2.12. The Kier molecular flexibility index (Phi) is 4.45. The van der Waals surface area contributed by atoms with Crippen molar-refractivity contribution in [2.24, 2.45) is 0 Å². The van der Waals surface area contributed by atoms with Crippen molar-refractivity contribution in [2.45, 2.75) is 25.2 Å². The summed E-state index contributed by atoms with van der Waals surface area (Å²) in [6, 6.07) is 13.5. The van der Waals surface area contributed by atoms with Gasteiger partial charge >= 0.3 is 0 Å². The molecule has 0 heterocycles. The molecular formula is C17H17F2NOSi. The Hall–Kier alpha value is -2.03. The predicted molar refractivity (Wildman–Crippen MR) is 83.6 cm³/mol. The summed E-state index contributed by atoms with van der Waals surface area (Å²) in [6.45, 7) is 5.89. The number of nitrogens with zero attached hydrogens (tertiary/aromatic N) is 1. The highest BCUT2D eigenvalue weighted by Crippen LogP contribution is 2.36. The summed E-state index contributed by atoms with van der Waals surface area (Å²) in [5.74, 6) is -0.773. The van der Waals surface area contributed by atoms with E-state index in [2.05, 4.69) is 6.07 Å². The van der Waals surface area contributed by atoms with Gasteiger partial charge in [0, 0.05) is 11.1 Å². The summed E-state index contributed by atoms with van der Waals surface area (Å²) in [5, 5.41) is 9.85. The maximum atomic E-state index is 13.2. The first-order chi connectivity index (χ1) is 10.3. The van der Waals surface area contributed by atoms with E-state index in [0.29, 0.717) is 11.1 Å². The van der Waals surface area contributed by atoms with Gasteiger partial charge in [-0.2, -0.15) is 5.26 Å². The lowest BCUT2D eigenvalue weighted by atomic mass is 9.88. The largest absolute Gasteiger partial charge is 0.393 e. The Labute approximate surface area is 130 Å². The molecule has 114 valence electrons. The van der Waals surface area contributed by atoms with Gasteiger partial charge in [-0.25, -0.2) is 8.78 Å². The van der Waals surface area contributed by atoms with Crippen LogP contribution in [0.4, 0.5) is 8.78 Å². The Balaban J connectivity index is 2.64. The third kappa shape index (κ3) is 3.41. The van der Waals surface area contributed by atoms with Gasteiger partial charge in [0.05, 0.1) is 0 Å². The molecule has 0 bridgehead atoms. The molecule has 0 saturated carbocycles. The molecule has 2 rings (SSSR count). The average Bonchev–Trinajstić information content (AvgIpc) is 2.45. The van der Waals surface area contributed by atoms with Crippen molar-refractivity contribution in [2.75, 3.05) is 0 Å². The molecular weight excluding hydrogens is 300 g/mol. The van der Waals surface area contributed by atoms with Gasteiger partial charge in [0.15, 0.2) is 13.9 Å². The summed E-state index contributed by atoms with van der Waals surface area (Å²) >= 11 is 0. The zero-order valence-corrected chi connectivity index (χ0v) is 13.7. The maximum absolute atomic E-state index is 13.2. The Morgan fingerprint density at radius 3 is 1.50 bits per heavy atom. The van der Waals surface area contributed by atoms with Gasteiger partial charge in [-0.05, 0) is 43.9 Å². The lowest BCUT2D eigenvalue weighted by Crippen LogP contribution is -2.40. The van der Waals surface area contributed by atoms with Crippen LogP contribution in [-0.2, 0) is 10.0 Å². The first-order valence-corrected chi connectivity index (χ1v) is 10.3. The van der Waals surface area contributed by atoms with Gasteiger partial charge in [-0.1, -0.05) is 24.3 Å². The minimum atomic E-state index is -2.12. The van der Waals surface area contributed by atoms with Crippen LogP contribution < -0.4 is 0 Å². The van der Waals surface area contributed by atoms with E-state index in [9.17, 15) is 14.0 Å². The number of hydrogen-bond acceptors (Lipinski definition) is 2. The Morgan fingerprint density at radius 1 is 0.864 bits per heavy atom. The summed E-state index contributed by atoms with van der Waals surface area (Å²) in [5.41, 5.74) is -0.304. The van der Waals surface area contributed by atoms with Crippen LogP contribution in [0.5, 0.6) is 0 Å². The van der Waals surface area contributed by atoms with Gasteiger partial charge in [0.25, 0.3) is 0 Å². The molecule has 0 aliphatic heterocycles. The second-order valence-electron chi connectivity index (χ2n) is 6.02. The normalized spacial score (nSPS) is 12.0. The van der Waals surface area contributed by atoms with Gasteiger partial charge in [0.2, 0.25) is 0 Å². The first-order valence-electron chi connectivity index (χ1n) is 6.90. The molecule has 0 aliphatic rings. The van der Waals surface area contributed by atoms with Crippen LogP contribution in [0.2, 0.25) is 19.6 Å². The Morgan fingerprint density at radius 2 is 1.23 bits per heavy atom. The van der Waals surface area contributed by atoms with E-state index in [1.807, 2.05) is 19.6 Å². The molecule has 0 unspecified atom stereocenters. The van der Waals surface area contributed by atoms with Crippen LogP contribution in [0.25, 0.3) is 0 Å². The van der Waals surface area contributed by atoms with Crippen LogP contribution in [0.1, 0.15) is 11.1 Å². The van der Waals surface area contributed by atoms with Crippen molar-refractivity contribution in [3.8, 4) is 6.07 Å². The lowest BCUT2D eigenvalue weighted by Gasteiger charge is -2.34. The second-order valence-corrected chi connectivity index (χ2v) is 10.5. The Bertz CT molecular complexity index is 639. The molecule has 22 heavy (non-hydrogen) atoms. The lowest BCUT2D eigenvalue weighted by molar-refractivity contribution is 0.163. The molecule has 0 aliphatic carbocycles. The standard InChI is InChI=1S/C17H17F2NOSi/c1-22(2,3)21-17(12-20,13-4-8-15(18)9-5-13)14-6-10-16(19)11-7-14/h4-11H,1-3H3. The van der Waals surface area contributed by atoms with Crippen LogP contribution in [0.15, 0.2) is 48.5 Å². The SMILES string of the molecule is C[Si](C)(C)OC(C#N)(c1ccc(F)cc1)c1ccc(F)cc1. The van der Waals surface area contributed by atoms with Crippen LogP contribution in [0.3, 0.4) is 0 Å². The fourth-order valence-corrected chi connectivity index (χ4v) is 3.46. The van der Waals surface area contributed by atoms with E-state index < -0.39 is 13.9 Å². The van der Waals surface area contributed by atoms with E-state index in [0.717, 1.165) is 0 Å². The highest BCUT2D eigenvalue weighted by molar-refractivity contribution is 6.69. The maximum Gasteiger partial charge on any atom is 0.196 e. The number of halogens is 2. The van der Waals surface area contributed by atoms with Crippen molar-refractivity contribution >= 4 is 8.32 Å². The molecule has 2 nitrogen and oxygen atoms in total. The van der Waals surface area contributed by atoms with Crippen molar-refractivity contribution in [1.29, 1.82) is 5.26 Å². The van der Waals surface area contributed by atoms with Crippen molar-refractivity contribution in [1.82, 2.24) is 0 Å². The van der Waals surface area contributed by atoms with Crippen LogP contribution in [0, 0.1) is 23.0 Å². The van der Waals surface area contributed by atoms with Gasteiger partial charge < -0.3 is 4.43 Å². The van der Waals surface area contributed by atoms with E-state index in [1.54, 1.807) is 0 Å². The minimum Gasteiger partial charge on any atom is -0.393 e. The number of nitriles is 1. The molecule has 5 heteroatoms. The van der Waals surface area contributed by atoms with Crippen molar-refractivity contribution in [3.05, 3.63) is 71.3 Å². The highest BCUT2D eigenvalue weighted by Gasteiger charge is 2.40. The smallest absolute Gasteiger partial charge is 0.196 e. The fourth-order valence-electron chi connectivity index (χ4n) is 2.26. The third-order valence-electron chi connectivity index (χ3n) is 3.12. The molecule has 0 amide bonds. The molecule has 0 fully saturated rings. The molecule has 2 aromatic rings. The number of rotatable bonds is 4. The molecule has 0 N–H and O–H groups in total. The molecule has 2 aromatic carbocycles. The summed E-state index contributed by atoms with van der Waals surface area (Å²) in [4.78, 5) is 0. The average molecular weight is 317 g/mol. The summed E-state index contributed by atoms with van der Waals surface area (Å²) < 4.78 is 32.6. The van der Waals surface area contributed by atoms with E-state index in [4.69, 9.17) is 4.43 Å². The molecule has 0 aromatic heterocycles. The predicted octanol–water partition coefficient (Wildman–Crippen LogP) is 4.58. The monoisotopic (exact) mass is 317 g/mol. The molecule has 0 radical (unpaired) electrons. The number of benzene rings is 2. The summed E-state index contributed by atoms with van der Waals surface area (Å²) in [6.07, 6.45) is 0. The molecule has 0 atom stereocenters. The van der Waals surface area contributed by atoms with Gasteiger partial charge in [0.1, 0.15) is 17.7 Å². The molecule has 0 spiro atoms. The molecule has 0 saturated heterocycles. The first kappa shape index (κ1) is 16.3. The topological polar surface area (TPSA) is 33.0 Å². The van der Waals surface area contributed by atoms with Gasteiger partial charge in [-0.3, -0.25) is 0 Å². The van der Waals surface area contributed by atoms with Crippen molar-refractivity contribution in [3.63, 3.8) is 0 Å². The van der Waals surface area contributed by atoms with E-state index >= 15 is 0 Å². The van der Waals surface area contributed by atoms with E-state index in [1.165, 1.54) is 48.5 Å². The van der Waals surface area contributed by atoms with Gasteiger partial charge in [-0.15, -0.1) is 0 Å². The third-order valence-corrected chi connectivity index (χ3v) is 4.04. The van der Waals surface area contributed by atoms with E-state index in [-0.39, 0.29) is 11.6 Å². The minimum absolute atomic E-state index is 0.386. The van der Waals surface area contributed by atoms with Crippen LogP contribution in [-0.4, -0.2) is 8.32 Å². The highest BCUT2D eigenvalue weighted by atomic mass is 28.4. The van der Waals surface area contributed by atoms with Crippen molar-refractivity contribution < 1.29 is 13.2 Å². The quantitative estimate of drug-likeness (QED) is 0.773. The fraction of sp³-hybridized carbons (Fsp3) is 0.235. The van der Waals surface area contributed by atoms with Crippen LogP contribution >= 0.6 is 0 Å². The number of hydrogen-bond donors (Lipinski definition) is 0. The second kappa shape index (κ2) is 5.99. The zero-order chi connectivity index (χ0) is 16.4. The zero-order valence-electron chi connectivity index (χ0n) is 12.7.